The van der Waals surface area contributed by atoms with E-state index in [4.69, 9.17) is 4.74 Å². The van der Waals surface area contributed by atoms with Crippen LogP contribution in [-0.4, -0.2) is 23.1 Å². The Hall–Kier alpha value is -1.32. The minimum absolute atomic E-state index is 0.521. The normalized spacial score (nSPS) is 23.4. The number of nitrogens with zero attached hydrogens (tertiary/aromatic N) is 2. The van der Waals surface area contributed by atoms with Crippen molar-refractivity contribution in [2.45, 2.75) is 52.5 Å². The maximum absolute atomic E-state index is 5.21. The number of aromatic nitrogens is 2. The zero-order valence-electron chi connectivity index (χ0n) is 12.4. The van der Waals surface area contributed by atoms with Crippen LogP contribution in [0.4, 0.5) is 5.82 Å². The van der Waals surface area contributed by atoms with E-state index in [1.54, 1.807) is 7.11 Å². The van der Waals surface area contributed by atoms with Crippen LogP contribution < -0.4 is 10.1 Å². The van der Waals surface area contributed by atoms with Crippen molar-refractivity contribution in [2.24, 2.45) is 11.8 Å². The van der Waals surface area contributed by atoms with Gasteiger partial charge in [-0.15, -0.1) is 0 Å². The van der Waals surface area contributed by atoms with E-state index in [1.807, 2.05) is 13.0 Å². The van der Waals surface area contributed by atoms with E-state index in [0.717, 1.165) is 17.6 Å². The van der Waals surface area contributed by atoms with Crippen molar-refractivity contribution in [1.29, 1.82) is 0 Å². The number of ether oxygens (including phenoxy) is 1. The van der Waals surface area contributed by atoms with Crippen LogP contribution in [0, 0.1) is 18.8 Å². The quantitative estimate of drug-likeness (QED) is 0.904. The molecule has 1 aliphatic carbocycles. The number of aryl methyl sites for hydroxylation is 1. The number of nitrogens with one attached hydrogen (secondary N) is 1. The molecule has 1 aromatic heterocycles. The third-order valence-electron chi connectivity index (χ3n) is 4.03. The fourth-order valence-electron chi connectivity index (χ4n) is 3.05. The Labute approximate surface area is 116 Å². The van der Waals surface area contributed by atoms with Crippen LogP contribution in [0.3, 0.4) is 0 Å². The van der Waals surface area contributed by atoms with Crippen molar-refractivity contribution >= 4 is 5.82 Å². The second-order valence-corrected chi connectivity index (χ2v) is 5.79. The Bertz CT molecular complexity index is 420. The minimum atomic E-state index is 0.521. The van der Waals surface area contributed by atoms with E-state index in [0.29, 0.717) is 17.8 Å². The molecule has 0 bridgehead atoms. The van der Waals surface area contributed by atoms with Crippen molar-refractivity contribution in [3.8, 4) is 5.88 Å². The summed E-state index contributed by atoms with van der Waals surface area (Å²) in [7, 11) is 1.64. The van der Waals surface area contributed by atoms with Crippen LogP contribution in [0.15, 0.2) is 6.07 Å². The predicted octanol–water partition coefficient (Wildman–Crippen LogP) is 3.42. The van der Waals surface area contributed by atoms with Gasteiger partial charge >= 0.3 is 0 Å². The van der Waals surface area contributed by atoms with E-state index in [9.17, 15) is 0 Å². The van der Waals surface area contributed by atoms with Crippen molar-refractivity contribution in [3.63, 3.8) is 0 Å². The Morgan fingerprint density at radius 1 is 1.26 bits per heavy atom. The van der Waals surface area contributed by atoms with Gasteiger partial charge in [-0.25, -0.2) is 4.98 Å². The molecular weight excluding hydrogens is 238 g/mol. The number of anilines is 1. The first kappa shape index (κ1) is 14.1. The zero-order valence-corrected chi connectivity index (χ0v) is 12.4. The molecule has 4 heteroatoms. The van der Waals surface area contributed by atoms with Crippen LogP contribution in [0.1, 0.15) is 45.4 Å². The molecule has 2 atom stereocenters. The molecule has 19 heavy (non-hydrogen) atoms. The summed E-state index contributed by atoms with van der Waals surface area (Å²) in [6.07, 6.45) is 5.21. The van der Waals surface area contributed by atoms with Gasteiger partial charge in [-0.2, -0.15) is 4.98 Å². The van der Waals surface area contributed by atoms with Crippen LogP contribution >= 0.6 is 0 Å². The SMILES string of the molecule is COc1cc(NC2CCCCC2C(C)C)nc(C)n1. The highest BCUT2D eigenvalue weighted by atomic mass is 16.5. The molecule has 0 aromatic carbocycles. The first-order valence-corrected chi connectivity index (χ1v) is 7.26. The van der Waals surface area contributed by atoms with Gasteiger partial charge in [-0.1, -0.05) is 26.7 Å². The summed E-state index contributed by atoms with van der Waals surface area (Å²) >= 11 is 0. The highest BCUT2D eigenvalue weighted by molar-refractivity contribution is 5.39. The maximum atomic E-state index is 5.21. The Morgan fingerprint density at radius 3 is 2.68 bits per heavy atom. The molecule has 106 valence electrons. The van der Waals surface area contributed by atoms with E-state index < -0.39 is 0 Å². The first-order valence-electron chi connectivity index (χ1n) is 7.26. The lowest BCUT2D eigenvalue weighted by atomic mass is 9.78. The number of hydrogen-bond donors (Lipinski definition) is 1. The van der Waals surface area contributed by atoms with Crippen molar-refractivity contribution < 1.29 is 4.74 Å². The fraction of sp³-hybridized carbons (Fsp3) is 0.733. The van der Waals surface area contributed by atoms with Gasteiger partial charge < -0.3 is 10.1 Å². The second-order valence-electron chi connectivity index (χ2n) is 5.79. The van der Waals surface area contributed by atoms with Crippen molar-refractivity contribution in [2.75, 3.05) is 12.4 Å². The summed E-state index contributed by atoms with van der Waals surface area (Å²) in [4.78, 5) is 8.69. The minimum Gasteiger partial charge on any atom is -0.481 e. The molecule has 0 aliphatic heterocycles. The lowest BCUT2D eigenvalue weighted by Gasteiger charge is -2.35. The van der Waals surface area contributed by atoms with Crippen LogP contribution in [0.2, 0.25) is 0 Å². The zero-order chi connectivity index (χ0) is 13.8. The predicted molar refractivity (Wildman–Crippen MR) is 77.5 cm³/mol. The topological polar surface area (TPSA) is 47.0 Å². The average Bonchev–Trinajstić information content (AvgIpc) is 2.38. The van der Waals surface area contributed by atoms with Crippen LogP contribution in [0.5, 0.6) is 5.88 Å². The van der Waals surface area contributed by atoms with E-state index in [2.05, 4.69) is 29.1 Å². The summed E-state index contributed by atoms with van der Waals surface area (Å²) in [6.45, 7) is 6.53. The summed E-state index contributed by atoms with van der Waals surface area (Å²) in [5.41, 5.74) is 0. The number of hydrogen-bond acceptors (Lipinski definition) is 4. The molecule has 1 N–H and O–H groups in total. The summed E-state index contributed by atoms with van der Waals surface area (Å²) in [5, 5.41) is 3.60. The average molecular weight is 263 g/mol. The lowest BCUT2D eigenvalue weighted by molar-refractivity contribution is 0.253. The van der Waals surface area contributed by atoms with E-state index >= 15 is 0 Å². The second kappa shape index (κ2) is 6.22. The van der Waals surface area contributed by atoms with E-state index in [-0.39, 0.29) is 0 Å². The fourth-order valence-corrected chi connectivity index (χ4v) is 3.05. The third-order valence-corrected chi connectivity index (χ3v) is 4.03. The van der Waals surface area contributed by atoms with Gasteiger partial charge in [0.1, 0.15) is 11.6 Å². The van der Waals surface area contributed by atoms with Crippen LogP contribution in [-0.2, 0) is 0 Å². The van der Waals surface area contributed by atoms with Gasteiger partial charge in [0.2, 0.25) is 5.88 Å². The third kappa shape index (κ3) is 3.58. The molecule has 1 aliphatic rings. The molecule has 2 rings (SSSR count). The largest absolute Gasteiger partial charge is 0.481 e. The van der Waals surface area contributed by atoms with Crippen LogP contribution in [0.25, 0.3) is 0 Å². The summed E-state index contributed by atoms with van der Waals surface area (Å²) in [5.74, 6) is 3.71. The molecule has 4 nitrogen and oxygen atoms in total. The Kier molecular flexibility index (Phi) is 4.61. The van der Waals surface area contributed by atoms with Gasteiger partial charge in [0.15, 0.2) is 0 Å². The highest BCUT2D eigenvalue weighted by Crippen LogP contribution is 2.32. The number of rotatable bonds is 4. The molecule has 0 amide bonds. The maximum Gasteiger partial charge on any atom is 0.218 e. The molecule has 0 spiro atoms. The van der Waals surface area contributed by atoms with E-state index in [1.165, 1.54) is 25.7 Å². The molecule has 2 unspecified atom stereocenters. The van der Waals surface area contributed by atoms with Gasteiger partial charge in [0.05, 0.1) is 7.11 Å². The van der Waals surface area contributed by atoms with Gasteiger partial charge in [0.25, 0.3) is 0 Å². The molecular formula is C15H25N3O. The smallest absolute Gasteiger partial charge is 0.218 e. The van der Waals surface area contributed by atoms with Gasteiger partial charge in [-0.05, 0) is 31.6 Å². The highest BCUT2D eigenvalue weighted by Gasteiger charge is 2.27. The standard InChI is InChI=1S/C15H25N3O/c1-10(2)12-7-5-6-8-13(12)18-14-9-15(19-4)17-11(3)16-14/h9-10,12-13H,5-8H2,1-4H3,(H,16,17,18). The monoisotopic (exact) mass is 263 g/mol. The Morgan fingerprint density at radius 2 is 2.00 bits per heavy atom. The van der Waals surface area contributed by atoms with Crippen molar-refractivity contribution in [3.05, 3.63) is 11.9 Å². The summed E-state index contributed by atoms with van der Waals surface area (Å²) in [6, 6.07) is 2.41. The summed E-state index contributed by atoms with van der Waals surface area (Å²) < 4.78 is 5.21. The van der Waals surface area contributed by atoms with Gasteiger partial charge in [-0.3, -0.25) is 0 Å². The molecule has 1 fully saturated rings. The van der Waals surface area contributed by atoms with Gasteiger partial charge in [0, 0.05) is 12.1 Å². The first-order chi connectivity index (χ1) is 9.10. The Balaban J connectivity index is 2.12. The van der Waals surface area contributed by atoms with Crippen molar-refractivity contribution in [1.82, 2.24) is 9.97 Å². The molecule has 1 aromatic rings. The molecule has 1 heterocycles. The number of methoxy groups -OCH3 is 1. The molecule has 0 saturated heterocycles. The molecule has 1 saturated carbocycles. The lowest BCUT2D eigenvalue weighted by Crippen LogP contribution is -2.35. The molecule has 0 radical (unpaired) electrons.